The highest BCUT2D eigenvalue weighted by Gasteiger charge is 2.24. The van der Waals surface area contributed by atoms with Crippen LogP contribution in [-0.4, -0.2) is 37.2 Å². The zero-order valence-electron chi connectivity index (χ0n) is 11.9. The third kappa shape index (κ3) is 3.80. The standard InChI is InChI=1S/C14H24N4O/c1-18(2)14-16-8-7-13(17-14)19-10-12-6-4-3-5-11(12)9-15/h7-8,11-12H,3-6,9-10,15H2,1-2H3. The Bertz CT molecular complexity index is 397. The van der Waals surface area contributed by atoms with Gasteiger partial charge in [-0.15, -0.1) is 0 Å². The van der Waals surface area contributed by atoms with Crippen LogP contribution in [0.3, 0.4) is 0 Å². The number of nitrogens with zero attached hydrogens (tertiary/aromatic N) is 3. The van der Waals surface area contributed by atoms with Gasteiger partial charge in [-0.1, -0.05) is 12.8 Å². The Labute approximate surface area is 115 Å². The first-order valence-corrected chi connectivity index (χ1v) is 7.04. The van der Waals surface area contributed by atoms with Crippen LogP contribution >= 0.6 is 0 Å². The third-order valence-electron chi connectivity index (χ3n) is 3.83. The van der Waals surface area contributed by atoms with E-state index in [2.05, 4.69) is 9.97 Å². The van der Waals surface area contributed by atoms with Crippen molar-refractivity contribution in [2.45, 2.75) is 25.7 Å². The molecule has 0 radical (unpaired) electrons. The topological polar surface area (TPSA) is 64.3 Å². The zero-order valence-corrected chi connectivity index (χ0v) is 11.9. The van der Waals surface area contributed by atoms with Crippen molar-refractivity contribution < 1.29 is 4.74 Å². The molecule has 0 saturated heterocycles. The molecule has 5 nitrogen and oxygen atoms in total. The second-order valence-corrected chi connectivity index (χ2v) is 5.44. The number of nitrogens with two attached hydrogens (primary N) is 1. The van der Waals surface area contributed by atoms with Gasteiger partial charge in [0, 0.05) is 26.4 Å². The second kappa shape index (κ2) is 6.70. The monoisotopic (exact) mass is 264 g/mol. The minimum Gasteiger partial charge on any atom is -0.477 e. The van der Waals surface area contributed by atoms with Crippen molar-refractivity contribution in [3.63, 3.8) is 0 Å². The summed E-state index contributed by atoms with van der Waals surface area (Å²) in [7, 11) is 3.84. The fraction of sp³-hybridized carbons (Fsp3) is 0.714. The predicted octanol–water partition coefficient (Wildman–Crippen LogP) is 1.69. The lowest BCUT2D eigenvalue weighted by Gasteiger charge is -2.30. The van der Waals surface area contributed by atoms with E-state index < -0.39 is 0 Å². The molecule has 2 unspecified atom stereocenters. The van der Waals surface area contributed by atoms with Gasteiger partial charge < -0.3 is 15.4 Å². The van der Waals surface area contributed by atoms with Gasteiger partial charge in [-0.25, -0.2) is 4.98 Å². The summed E-state index contributed by atoms with van der Waals surface area (Å²) in [6, 6.07) is 1.81. The Hall–Kier alpha value is -1.36. The van der Waals surface area contributed by atoms with E-state index in [-0.39, 0.29) is 0 Å². The van der Waals surface area contributed by atoms with Crippen LogP contribution in [0.1, 0.15) is 25.7 Å². The Morgan fingerprint density at radius 2 is 2.05 bits per heavy atom. The van der Waals surface area contributed by atoms with Gasteiger partial charge in [0.2, 0.25) is 11.8 Å². The highest BCUT2D eigenvalue weighted by molar-refractivity contribution is 5.29. The van der Waals surface area contributed by atoms with Gasteiger partial charge in [-0.3, -0.25) is 0 Å². The van der Waals surface area contributed by atoms with Crippen LogP contribution in [0.5, 0.6) is 5.88 Å². The van der Waals surface area contributed by atoms with E-state index in [1.165, 1.54) is 25.7 Å². The molecule has 106 valence electrons. The molecule has 0 amide bonds. The molecule has 1 aliphatic carbocycles. The van der Waals surface area contributed by atoms with E-state index in [0.29, 0.717) is 30.3 Å². The molecule has 1 heterocycles. The lowest BCUT2D eigenvalue weighted by atomic mass is 9.80. The fourth-order valence-electron chi connectivity index (χ4n) is 2.63. The van der Waals surface area contributed by atoms with Crippen molar-refractivity contribution in [3.05, 3.63) is 12.3 Å². The number of hydrogen-bond acceptors (Lipinski definition) is 5. The fourth-order valence-corrected chi connectivity index (χ4v) is 2.63. The number of rotatable bonds is 5. The number of aromatic nitrogens is 2. The van der Waals surface area contributed by atoms with Crippen LogP contribution in [0.25, 0.3) is 0 Å². The first-order chi connectivity index (χ1) is 9.20. The van der Waals surface area contributed by atoms with Gasteiger partial charge in [-0.2, -0.15) is 4.98 Å². The number of ether oxygens (including phenoxy) is 1. The molecule has 1 fully saturated rings. The molecule has 1 aliphatic rings. The molecule has 5 heteroatoms. The van der Waals surface area contributed by atoms with Crippen molar-refractivity contribution in [2.24, 2.45) is 17.6 Å². The van der Waals surface area contributed by atoms with Gasteiger partial charge in [-0.05, 0) is 31.2 Å². The summed E-state index contributed by atoms with van der Waals surface area (Å²) in [5, 5.41) is 0. The number of hydrogen-bond donors (Lipinski definition) is 1. The Morgan fingerprint density at radius 1 is 1.32 bits per heavy atom. The largest absolute Gasteiger partial charge is 0.477 e. The van der Waals surface area contributed by atoms with Gasteiger partial charge in [0.15, 0.2) is 0 Å². The molecule has 19 heavy (non-hydrogen) atoms. The minimum absolute atomic E-state index is 0.566. The van der Waals surface area contributed by atoms with E-state index in [1.807, 2.05) is 25.1 Å². The number of anilines is 1. The van der Waals surface area contributed by atoms with Crippen LogP contribution in [0.15, 0.2) is 12.3 Å². The Balaban J connectivity index is 1.92. The van der Waals surface area contributed by atoms with Gasteiger partial charge in [0.25, 0.3) is 0 Å². The van der Waals surface area contributed by atoms with Gasteiger partial charge in [0.05, 0.1) is 6.61 Å². The second-order valence-electron chi connectivity index (χ2n) is 5.44. The molecule has 0 bridgehead atoms. The average Bonchev–Trinajstić information content (AvgIpc) is 2.45. The maximum Gasteiger partial charge on any atom is 0.228 e. The molecule has 0 aromatic carbocycles. The summed E-state index contributed by atoms with van der Waals surface area (Å²) in [6.45, 7) is 1.48. The van der Waals surface area contributed by atoms with Crippen LogP contribution in [0, 0.1) is 11.8 Å². The highest BCUT2D eigenvalue weighted by atomic mass is 16.5. The molecule has 2 rings (SSSR count). The summed E-state index contributed by atoms with van der Waals surface area (Å²) in [4.78, 5) is 10.4. The lowest BCUT2D eigenvalue weighted by Crippen LogP contribution is -2.30. The zero-order chi connectivity index (χ0) is 13.7. The van der Waals surface area contributed by atoms with Gasteiger partial charge in [0.1, 0.15) is 0 Å². The van der Waals surface area contributed by atoms with Crippen LogP contribution < -0.4 is 15.4 Å². The van der Waals surface area contributed by atoms with Crippen molar-refractivity contribution in [3.8, 4) is 5.88 Å². The molecule has 1 saturated carbocycles. The van der Waals surface area contributed by atoms with Crippen molar-refractivity contribution in [2.75, 3.05) is 32.1 Å². The quantitative estimate of drug-likeness (QED) is 0.876. The SMILES string of the molecule is CN(C)c1nccc(OCC2CCCCC2CN)n1. The molecule has 1 aromatic rings. The molecular weight excluding hydrogens is 240 g/mol. The molecule has 2 N–H and O–H groups in total. The lowest BCUT2D eigenvalue weighted by molar-refractivity contribution is 0.149. The summed E-state index contributed by atoms with van der Waals surface area (Å²) >= 11 is 0. The summed E-state index contributed by atoms with van der Waals surface area (Å²) in [5.41, 5.74) is 5.84. The Morgan fingerprint density at radius 3 is 2.74 bits per heavy atom. The van der Waals surface area contributed by atoms with Gasteiger partial charge >= 0.3 is 0 Å². The highest BCUT2D eigenvalue weighted by Crippen LogP contribution is 2.29. The molecule has 0 aliphatic heterocycles. The maximum absolute atomic E-state index is 5.84. The van der Waals surface area contributed by atoms with E-state index >= 15 is 0 Å². The van der Waals surface area contributed by atoms with Crippen LogP contribution in [0.4, 0.5) is 5.95 Å². The first-order valence-electron chi connectivity index (χ1n) is 7.04. The van der Waals surface area contributed by atoms with E-state index in [9.17, 15) is 0 Å². The van der Waals surface area contributed by atoms with E-state index in [0.717, 1.165) is 6.54 Å². The normalized spacial score (nSPS) is 23.1. The first kappa shape index (κ1) is 14.1. The molecule has 0 spiro atoms. The van der Waals surface area contributed by atoms with E-state index in [1.54, 1.807) is 6.20 Å². The molecule has 2 atom stereocenters. The third-order valence-corrected chi connectivity index (χ3v) is 3.83. The maximum atomic E-state index is 5.84. The minimum atomic E-state index is 0.566. The summed E-state index contributed by atoms with van der Waals surface area (Å²) in [5.74, 6) is 2.50. The van der Waals surface area contributed by atoms with Crippen LogP contribution in [-0.2, 0) is 0 Å². The van der Waals surface area contributed by atoms with Crippen molar-refractivity contribution >= 4 is 5.95 Å². The van der Waals surface area contributed by atoms with Crippen molar-refractivity contribution in [1.82, 2.24) is 9.97 Å². The smallest absolute Gasteiger partial charge is 0.228 e. The summed E-state index contributed by atoms with van der Waals surface area (Å²) in [6.07, 6.45) is 6.78. The Kier molecular flexibility index (Phi) is 4.96. The van der Waals surface area contributed by atoms with E-state index in [4.69, 9.17) is 10.5 Å². The molecular formula is C14H24N4O. The predicted molar refractivity (Wildman–Crippen MR) is 76.4 cm³/mol. The van der Waals surface area contributed by atoms with Crippen LogP contribution in [0.2, 0.25) is 0 Å². The average molecular weight is 264 g/mol. The summed E-state index contributed by atoms with van der Waals surface area (Å²) < 4.78 is 5.84. The molecule has 1 aromatic heterocycles. The van der Waals surface area contributed by atoms with Crippen molar-refractivity contribution in [1.29, 1.82) is 0 Å².